The molecule has 0 fully saturated rings. The van der Waals surface area contributed by atoms with Gasteiger partial charge in [0.2, 0.25) is 11.9 Å². The zero-order valence-corrected chi connectivity index (χ0v) is 13.0. The fourth-order valence-corrected chi connectivity index (χ4v) is 2.43. The van der Waals surface area contributed by atoms with E-state index < -0.39 is 5.41 Å². The number of nitrogen functional groups attached to an aromatic ring is 1. The Labute approximate surface area is 127 Å². The van der Waals surface area contributed by atoms with Gasteiger partial charge in [0, 0.05) is 13.6 Å². The van der Waals surface area contributed by atoms with E-state index in [0.717, 1.165) is 5.52 Å². The van der Waals surface area contributed by atoms with Crippen molar-refractivity contribution in [2.75, 3.05) is 12.8 Å². The van der Waals surface area contributed by atoms with Crippen molar-refractivity contribution < 1.29 is 4.79 Å². The molecule has 0 aliphatic rings. The maximum absolute atomic E-state index is 11.9. The number of fused-ring (bicyclic) bond motifs is 1. The second kappa shape index (κ2) is 5.14. The fourth-order valence-electron chi connectivity index (χ4n) is 2.11. The summed E-state index contributed by atoms with van der Waals surface area (Å²) >= 11 is 12.0. The molecular formula is C13H16Cl2N4O. The maximum atomic E-state index is 11.9. The minimum atomic E-state index is -0.622. The lowest BCUT2D eigenvalue weighted by molar-refractivity contribution is -0.129. The number of nitrogens with zero attached hydrogens (tertiary/aromatic N) is 2. The van der Waals surface area contributed by atoms with Crippen molar-refractivity contribution in [3.05, 3.63) is 22.2 Å². The van der Waals surface area contributed by atoms with Crippen molar-refractivity contribution >= 4 is 46.1 Å². The van der Waals surface area contributed by atoms with Gasteiger partial charge in [-0.3, -0.25) is 4.79 Å². The predicted octanol–water partition coefficient (Wildman–Crippen LogP) is 2.70. The van der Waals surface area contributed by atoms with Crippen LogP contribution in [0.1, 0.15) is 13.8 Å². The number of hydrogen-bond acceptors (Lipinski definition) is 3. The zero-order valence-electron chi connectivity index (χ0n) is 11.5. The van der Waals surface area contributed by atoms with Crippen LogP contribution in [0.3, 0.4) is 0 Å². The van der Waals surface area contributed by atoms with Crippen LogP contribution in [0.4, 0.5) is 5.95 Å². The van der Waals surface area contributed by atoms with Crippen LogP contribution in [0.2, 0.25) is 10.0 Å². The number of carbonyl (C=O) groups is 1. The number of halogens is 2. The molecule has 0 unspecified atom stereocenters. The summed E-state index contributed by atoms with van der Waals surface area (Å²) < 4.78 is 1.77. The lowest BCUT2D eigenvalue weighted by Crippen LogP contribution is -2.37. The van der Waals surface area contributed by atoms with Crippen molar-refractivity contribution in [2.45, 2.75) is 20.4 Å². The van der Waals surface area contributed by atoms with Gasteiger partial charge in [-0.05, 0) is 26.0 Å². The van der Waals surface area contributed by atoms with Crippen LogP contribution in [-0.4, -0.2) is 22.5 Å². The number of amides is 1. The second-order valence-corrected chi connectivity index (χ2v) is 6.09. The summed E-state index contributed by atoms with van der Waals surface area (Å²) in [4.78, 5) is 16.1. The van der Waals surface area contributed by atoms with Crippen LogP contribution in [0.15, 0.2) is 12.1 Å². The highest BCUT2D eigenvalue weighted by Gasteiger charge is 2.28. The molecular weight excluding hydrogens is 299 g/mol. The van der Waals surface area contributed by atoms with Crippen LogP contribution in [0.5, 0.6) is 0 Å². The van der Waals surface area contributed by atoms with Crippen LogP contribution in [0.25, 0.3) is 11.0 Å². The maximum Gasteiger partial charge on any atom is 0.227 e. The first-order valence-corrected chi connectivity index (χ1v) is 6.85. The number of rotatable bonds is 3. The smallest absolute Gasteiger partial charge is 0.227 e. The monoisotopic (exact) mass is 314 g/mol. The number of benzene rings is 1. The SMILES string of the molecule is CNC(=O)C(C)(C)Cn1c(N)nc2cc(Cl)c(Cl)cc21. The van der Waals surface area contributed by atoms with Crippen LogP contribution < -0.4 is 11.1 Å². The highest BCUT2D eigenvalue weighted by Crippen LogP contribution is 2.31. The molecule has 0 bridgehead atoms. The molecule has 1 heterocycles. The highest BCUT2D eigenvalue weighted by atomic mass is 35.5. The number of hydrogen-bond donors (Lipinski definition) is 2. The number of carbonyl (C=O) groups excluding carboxylic acids is 1. The van der Waals surface area contributed by atoms with Gasteiger partial charge >= 0.3 is 0 Å². The van der Waals surface area contributed by atoms with Crippen LogP contribution in [-0.2, 0) is 11.3 Å². The van der Waals surface area contributed by atoms with Gasteiger partial charge < -0.3 is 15.6 Å². The Morgan fingerprint density at radius 3 is 2.60 bits per heavy atom. The first-order valence-electron chi connectivity index (χ1n) is 6.09. The molecule has 0 radical (unpaired) electrons. The Morgan fingerprint density at radius 2 is 2.00 bits per heavy atom. The fraction of sp³-hybridized carbons (Fsp3) is 0.385. The van der Waals surface area contributed by atoms with E-state index in [0.29, 0.717) is 28.1 Å². The summed E-state index contributed by atoms with van der Waals surface area (Å²) in [6.07, 6.45) is 0. The Kier molecular flexibility index (Phi) is 3.84. The first-order chi connectivity index (χ1) is 9.26. The van der Waals surface area contributed by atoms with Gasteiger partial charge in [0.15, 0.2) is 0 Å². The molecule has 5 nitrogen and oxygen atoms in total. The first kappa shape index (κ1) is 14.9. The molecule has 0 aliphatic heterocycles. The summed E-state index contributed by atoms with van der Waals surface area (Å²) in [5, 5.41) is 3.50. The van der Waals surface area contributed by atoms with Gasteiger partial charge in [0.05, 0.1) is 26.5 Å². The number of nitrogens with two attached hydrogens (primary N) is 1. The third-order valence-electron chi connectivity index (χ3n) is 3.21. The summed E-state index contributed by atoms with van der Waals surface area (Å²) in [7, 11) is 1.61. The normalized spacial score (nSPS) is 11.8. The van der Waals surface area contributed by atoms with E-state index in [1.54, 1.807) is 23.7 Å². The molecule has 1 aromatic carbocycles. The van der Waals surface area contributed by atoms with Crippen molar-refractivity contribution in [1.82, 2.24) is 14.9 Å². The quantitative estimate of drug-likeness (QED) is 0.914. The van der Waals surface area contributed by atoms with Gasteiger partial charge in [-0.15, -0.1) is 0 Å². The molecule has 1 aromatic heterocycles. The third kappa shape index (κ3) is 2.55. The standard InChI is InChI=1S/C13H16Cl2N4O/c1-13(2,11(20)17-3)6-19-10-5-8(15)7(14)4-9(10)18-12(19)16/h4-5H,6H2,1-3H3,(H2,16,18)(H,17,20). The van der Waals surface area contributed by atoms with Crippen LogP contribution >= 0.6 is 23.2 Å². The van der Waals surface area contributed by atoms with E-state index in [4.69, 9.17) is 28.9 Å². The summed E-state index contributed by atoms with van der Waals surface area (Å²) in [5.74, 6) is 0.258. The second-order valence-electron chi connectivity index (χ2n) is 5.27. The van der Waals surface area contributed by atoms with Gasteiger partial charge in [-0.1, -0.05) is 23.2 Å². The Morgan fingerprint density at radius 1 is 1.40 bits per heavy atom. The van der Waals surface area contributed by atoms with E-state index in [-0.39, 0.29) is 5.91 Å². The minimum Gasteiger partial charge on any atom is -0.369 e. The average molecular weight is 315 g/mol. The molecule has 1 amide bonds. The van der Waals surface area contributed by atoms with Gasteiger partial charge in [-0.25, -0.2) is 4.98 Å². The Hall–Kier alpha value is -1.46. The van der Waals surface area contributed by atoms with Crippen molar-refractivity contribution in [3.8, 4) is 0 Å². The van der Waals surface area contributed by atoms with E-state index >= 15 is 0 Å². The largest absolute Gasteiger partial charge is 0.369 e. The number of imidazole rings is 1. The molecule has 7 heteroatoms. The van der Waals surface area contributed by atoms with Crippen molar-refractivity contribution in [3.63, 3.8) is 0 Å². The molecule has 108 valence electrons. The number of aromatic nitrogens is 2. The third-order valence-corrected chi connectivity index (χ3v) is 3.94. The molecule has 0 saturated heterocycles. The van der Waals surface area contributed by atoms with Gasteiger partial charge in [0.1, 0.15) is 0 Å². The molecule has 0 aliphatic carbocycles. The van der Waals surface area contributed by atoms with Gasteiger partial charge in [-0.2, -0.15) is 0 Å². The zero-order chi connectivity index (χ0) is 15.1. The predicted molar refractivity (Wildman–Crippen MR) is 82.0 cm³/mol. The van der Waals surface area contributed by atoms with E-state index in [2.05, 4.69) is 10.3 Å². The number of nitrogens with one attached hydrogen (secondary N) is 1. The van der Waals surface area contributed by atoms with Crippen molar-refractivity contribution in [2.24, 2.45) is 5.41 Å². The topological polar surface area (TPSA) is 72.9 Å². The molecule has 0 atom stereocenters. The summed E-state index contributed by atoms with van der Waals surface area (Å²) in [6.45, 7) is 4.08. The van der Waals surface area contributed by atoms with E-state index in [9.17, 15) is 4.79 Å². The molecule has 20 heavy (non-hydrogen) atoms. The van der Waals surface area contributed by atoms with Gasteiger partial charge in [0.25, 0.3) is 0 Å². The Bertz CT molecular complexity index is 679. The molecule has 0 saturated carbocycles. The highest BCUT2D eigenvalue weighted by molar-refractivity contribution is 6.42. The molecule has 0 spiro atoms. The molecule has 2 aromatic rings. The van der Waals surface area contributed by atoms with E-state index in [1.165, 1.54) is 0 Å². The molecule has 2 rings (SSSR count). The van der Waals surface area contributed by atoms with Crippen molar-refractivity contribution in [1.29, 1.82) is 0 Å². The minimum absolute atomic E-state index is 0.0705. The lowest BCUT2D eigenvalue weighted by Gasteiger charge is -2.23. The average Bonchev–Trinajstić information content (AvgIpc) is 2.65. The molecule has 3 N–H and O–H groups in total. The number of anilines is 1. The van der Waals surface area contributed by atoms with Crippen LogP contribution in [0, 0.1) is 5.41 Å². The summed E-state index contributed by atoms with van der Waals surface area (Å²) in [6, 6.07) is 3.38. The lowest BCUT2D eigenvalue weighted by atomic mass is 9.92. The summed E-state index contributed by atoms with van der Waals surface area (Å²) in [5.41, 5.74) is 6.73. The Balaban J connectivity index is 2.52. The van der Waals surface area contributed by atoms with E-state index in [1.807, 2.05) is 13.8 Å².